The number of hydrogen-bond acceptors (Lipinski definition) is 4. The van der Waals surface area contributed by atoms with Crippen molar-refractivity contribution >= 4 is 56.2 Å². The van der Waals surface area contributed by atoms with Crippen molar-refractivity contribution in [3.63, 3.8) is 0 Å². The Kier molecular flexibility index (Phi) is 8.71. The molecule has 0 saturated carbocycles. The number of carbonyl (C=O) groups is 1. The fourth-order valence-electron chi connectivity index (χ4n) is 2.78. The van der Waals surface area contributed by atoms with E-state index < -0.39 is 5.91 Å². The van der Waals surface area contributed by atoms with Gasteiger partial charge in [-0.1, -0.05) is 18.2 Å². The molecule has 0 heterocycles. The van der Waals surface area contributed by atoms with Crippen LogP contribution in [-0.4, -0.2) is 12.5 Å². The predicted molar refractivity (Wildman–Crippen MR) is 137 cm³/mol. The number of nitrogens with zero attached hydrogens (tertiary/aromatic N) is 1. The van der Waals surface area contributed by atoms with E-state index in [0.717, 1.165) is 15.8 Å². The molecule has 3 aromatic rings. The number of ether oxygens (including phenoxy) is 2. The Balaban J connectivity index is 1.66. The van der Waals surface area contributed by atoms with Gasteiger partial charge >= 0.3 is 0 Å². The Labute approximate surface area is 209 Å². The first-order valence-corrected chi connectivity index (χ1v) is 11.7. The van der Waals surface area contributed by atoms with Gasteiger partial charge in [-0.05, 0) is 111 Å². The summed E-state index contributed by atoms with van der Waals surface area (Å²) in [7, 11) is 0. The first-order chi connectivity index (χ1) is 15.5. The fourth-order valence-corrected chi connectivity index (χ4v) is 3.65. The summed E-state index contributed by atoms with van der Waals surface area (Å²) < 4.78 is 13.2. The van der Waals surface area contributed by atoms with Gasteiger partial charge in [0.1, 0.15) is 29.7 Å². The maximum Gasteiger partial charge on any atom is 0.266 e. The molecule has 0 aliphatic rings. The number of rotatable bonds is 8. The van der Waals surface area contributed by atoms with E-state index in [1.807, 2.05) is 49.4 Å². The Hall–Kier alpha value is -2.83. The number of amides is 1. The van der Waals surface area contributed by atoms with Crippen LogP contribution >= 0.6 is 38.5 Å². The van der Waals surface area contributed by atoms with E-state index in [9.17, 15) is 10.1 Å². The second-order valence-electron chi connectivity index (χ2n) is 6.69. The van der Waals surface area contributed by atoms with Gasteiger partial charge in [-0.25, -0.2) is 0 Å². The molecule has 7 heteroatoms. The second kappa shape index (κ2) is 11.7. The third-order valence-electron chi connectivity index (χ3n) is 4.36. The van der Waals surface area contributed by atoms with Gasteiger partial charge in [-0.2, -0.15) is 5.26 Å². The Morgan fingerprint density at radius 2 is 1.81 bits per heavy atom. The lowest BCUT2D eigenvalue weighted by atomic mass is 10.1. The van der Waals surface area contributed by atoms with Crippen molar-refractivity contribution in [3.8, 4) is 17.6 Å². The zero-order chi connectivity index (χ0) is 22.9. The van der Waals surface area contributed by atoms with Crippen LogP contribution in [0.1, 0.15) is 18.1 Å². The van der Waals surface area contributed by atoms with E-state index >= 15 is 0 Å². The van der Waals surface area contributed by atoms with Gasteiger partial charge in [-0.15, -0.1) is 0 Å². The Morgan fingerprint density at radius 3 is 2.44 bits per heavy atom. The summed E-state index contributed by atoms with van der Waals surface area (Å²) >= 11 is 5.77. The quantitative estimate of drug-likeness (QED) is 0.180. The number of carbonyl (C=O) groups excluding carboxylic acids is 1. The van der Waals surface area contributed by atoms with E-state index in [0.29, 0.717) is 30.2 Å². The van der Waals surface area contributed by atoms with E-state index in [2.05, 4.69) is 43.8 Å². The molecule has 0 aliphatic heterocycles. The topological polar surface area (TPSA) is 71.3 Å². The molecule has 0 fully saturated rings. The summed E-state index contributed by atoms with van der Waals surface area (Å²) in [5.41, 5.74) is 2.36. The van der Waals surface area contributed by atoms with Gasteiger partial charge in [0.15, 0.2) is 0 Å². The van der Waals surface area contributed by atoms with Crippen molar-refractivity contribution in [1.82, 2.24) is 0 Å². The zero-order valence-electron chi connectivity index (χ0n) is 17.3. The van der Waals surface area contributed by atoms with Gasteiger partial charge in [0.25, 0.3) is 5.91 Å². The van der Waals surface area contributed by atoms with Crippen LogP contribution in [0.5, 0.6) is 11.5 Å². The molecule has 0 spiro atoms. The molecule has 0 unspecified atom stereocenters. The first-order valence-electron chi connectivity index (χ1n) is 9.81. The van der Waals surface area contributed by atoms with Crippen LogP contribution in [0.15, 0.2) is 76.8 Å². The third-order valence-corrected chi connectivity index (χ3v) is 5.70. The first kappa shape index (κ1) is 23.8. The Bertz CT molecular complexity index is 1150. The molecule has 0 saturated heterocycles. The Morgan fingerprint density at radius 1 is 1.09 bits per heavy atom. The van der Waals surface area contributed by atoms with Crippen LogP contribution in [0.25, 0.3) is 6.08 Å². The molecule has 32 heavy (non-hydrogen) atoms. The normalized spacial score (nSPS) is 10.9. The maximum atomic E-state index is 12.5. The summed E-state index contributed by atoms with van der Waals surface area (Å²) in [5, 5.41) is 12.2. The maximum absolute atomic E-state index is 12.5. The lowest BCUT2D eigenvalue weighted by Gasteiger charge is -2.09. The van der Waals surface area contributed by atoms with Crippen LogP contribution in [-0.2, 0) is 11.4 Å². The van der Waals surface area contributed by atoms with Gasteiger partial charge in [-0.3, -0.25) is 4.79 Å². The van der Waals surface area contributed by atoms with Crippen LogP contribution < -0.4 is 14.8 Å². The summed E-state index contributed by atoms with van der Waals surface area (Å²) in [6, 6.07) is 22.5. The fraction of sp³-hybridized carbons (Fsp3) is 0.120. The number of nitriles is 1. The minimum atomic E-state index is -0.480. The average molecular weight is 603 g/mol. The highest BCUT2D eigenvalue weighted by Crippen LogP contribution is 2.28. The van der Waals surface area contributed by atoms with Crippen LogP contribution in [0.2, 0.25) is 0 Å². The highest BCUT2D eigenvalue weighted by molar-refractivity contribution is 14.1. The number of nitrogens with one attached hydrogen (secondary N) is 1. The number of anilines is 1. The molecule has 0 radical (unpaired) electrons. The monoisotopic (exact) mass is 602 g/mol. The van der Waals surface area contributed by atoms with Crippen molar-refractivity contribution in [2.75, 3.05) is 11.9 Å². The van der Waals surface area contributed by atoms with Gasteiger partial charge in [0, 0.05) is 9.26 Å². The number of benzene rings is 3. The summed E-state index contributed by atoms with van der Waals surface area (Å²) in [6.45, 7) is 2.91. The summed E-state index contributed by atoms with van der Waals surface area (Å²) in [6.07, 6.45) is 1.54. The molecule has 0 aliphatic carbocycles. The molecule has 1 amide bonds. The highest BCUT2D eigenvalue weighted by atomic mass is 127. The highest BCUT2D eigenvalue weighted by Gasteiger charge is 2.11. The molecule has 0 bridgehead atoms. The summed E-state index contributed by atoms with van der Waals surface area (Å²) in [4.78, 5) is 12.5. The molecule has 1 N–H and O–H groups in total. The predicted octanol–water partition coefficient (Wildman–Crippen LogP) is 6.58. The van der Waals surface area contributed by atoms with Crippen LogP contribution in [0, 0.1) is 14.9 Å². The molecular weight excluding hydrogens is 583 g/mol. The van der Waals surface area contributed by atoms with Crippen molar-refractivity contribution in [2.24, 2.45) is 0 Å². The van der Waals surface area contributed by atoms with Gasteiger partial charge < -0.3 is 14.8 Å². The molecule has 0 aromatic heterocycles. The van der Waals surface area contributed by atoms with E-state index in [1.54, 1.807) is 30.3 Å². The van der Waals surface area contributed by atoms with Crippen molar-refractivity contribution in [2.45, 2.75) is 13.5 Å². The smallest absolute Gasteiger partial charge is 0.266 e. The lowest BCUT2D eigenvalue weighted by Crippen LogP contribution is -2.13. The third kappa shape index (κ3) is 6.84. The van der Waals surface area contributed by atoms with E-state index in [1.165, 1.54) is 9.65 Å². The second-order valence-corrected chi connectivity index (χ2v) is 8.79. The largest absolute Gasteiger partial charge is 0.494 e. The van der Waals surface area contributed by atoms with Crippen LogP contribution in [0.4, 0.5) is 5.69 Å². The zero-order valence-corrected chi connectivity index (χ0v) is 21.0. The van der Waals surface area contributed by atoms with Crippen molar-refractivity contribution in [3.05, 3.63) is 91.5 Å². The average Bonchev–Trinajstić information content (AvgIpc) is 2.79. The van der Waals surface area contributed by atoms with Gasteiger partial charge in [0.05, 0.1) is 11.1 Å². The molecular formula is C25H20BrIN2O3. The van der Waals surface area contributed by atoms with E-state index in [-0.39, 0.29) is 5.57 Å². The molecule has 162 valence electrons. The van der Waals surface area contributed by atoms with Crippen LogP contribution in [0.3, 0.4) is 0 Å². The van der Waals surface area contributed by atoms with Crippen molar-refractivity contribution < 1.29 is 14.3 Å². The standard InChI is InChI=1S/C25H20BrIN2O3/c1-2-31-22-10-8-21(9-11-22)29-25(30)19(15-28)13-18-5-12-24(23(26)14-18)32-16-17-3-6-20(27)7-4-17/h3-14H,2,16H2,1H3,(H,29,30)/b19-13+. The summed E-state index contributed by atoms with van der Waals surface area (Å²) in [5.74, 6) is 0.917. The number of halogens is 2. The lowest BCUT2D eigenvalue weighted by molar-refractivity contribution is -0.112. The van der Waals surface area contributed by atoms with E-state index in [4.69, 9.17) is 9.47 Å². The molecule has 5 nitrogen and oxygen atoms in total. The molecule has 3 rings (SSSR count). The van der Waals surface area contributed by atoms with Crippen molar-refractivity contribution in [1.29, 1.82) is 5.26 Å². The SMILES string of the molecule is CCOc1ccc(NC(=O)/C(C#N)=C/c2ccc(OCc3ccc(I)cc3)c(Br)c2)cc1. The molecule has 0 atom stereocenters. The number of hydrogen-bond donors (Lipinski definition) is 1. The molecule has 3 aromatic carbocycles. The minimum Gasteiger partial charge on any atom is -0.494 e. The van der Waals surface area contributed by atoms with Gasteiger partial charge in [0.2, 0.25) is 0 Å². The minimum absolute atomic E-state index is 0.00154.